The fourth-order valence-electron chi connectivity index (χ4n) is 1.55. The number of hydrogen-bond donors (Lipinski definition) is 1. The van der Waals surface area contributed by atoms with Crippen LogP contribution < -0.4 is 5.73 Å². The highest BCUT2D eigenvalue weighted by molar-refractivity contribution is 5.17. The van der Waals surface area contributed by atoms with Gasteiger partial charge in [-0.15, -0.1) is 0 Å². The van der Waals surface area contributed by atoms with Crippen molar-refractivity contribution >= 4 is 0 Å². The van der Waals surface area contributed by atoms with Crippen molar-refractivity contribution in [1.29, 1.82) is 0 Å². The second kappa shape index (κ2) is 5.02. The molecular weight excluding hydrogens is 162 g/mol. The third kappa shape index (κ3) is 2.31. The number of aromatic nitrogens is 2. The lowest BCUT2D eigenvalue weighted by Gasteiger charge is -2.06. The Hall–Kier alpha value is -0.830. The van der Waals surface area contributed by atoms with Crippen LogP contribution in [0.25, 0.3) is 0 Å². The largest absolute Gasteiger partial charge is 0.326 e. The molecule has 0 aliphatic heterocycles. The van der Waals surface area contributed by atoms with Gasteiger partial charge in [0.25, 0.3) is 0 Å². The minimum absolute atomic E-state index is 0.610. The molecule has 1 aromatic heterocycles. The molecule has 0 aliphatic carbocycles. The van der Waals surface area contributed by atoms with Crippen molar-refractivity contribution in [3.8, 4) is 0 Å². The van der Waals surface area contributed by atoms with E-state index in [1.807, 2.05) is 6.20 Å². The molecule has 0 saturated carbocycles. The molecule has 0 atom stereocenters. The van der Waals surface area contributed by atoms with Crippen LogP contribution in [0.3, 0.4) is 0 Å². The van der Waals surface area contributed by atoms with Crippen molar-refractivity contribution in [2.45, 2.75) is 46.2 Å². The lowest BCUT2D eigenvalue weighted by molar-refractivity contribution is 0.569. The molecule has 1 rings (SSSR count). The fourth-order valence-corrected chi connectivity index (χ4v) is 1.55. The summed E-state index contributed by atoms with van der Waals surface area (Å²) in [5.74, 6) is 0. The predicted octanol–water partition coefficient (Wildman–Crippen LogP) is 1.70. The highest BCUT2D eigenvalue weighted by atomic mass is 15.3. The quantitative estimate of drug-likeness (QED) is 0.751. The summed E-state index contributed by atoms with van der Waals surface area (Å²) in [5, 5.41) is 4.33. The highest BCUT2D eigenvalue weighted by Gasteiger charge is 2.07. The maximum atomic E-state index is 5.64. The number of nitrogens with zero attached hydrogens (tertiary/aromatic N) is 2. The molecule has 0 radical (unpaired) electrons. The molecule has 0 saturated heterocycles. The first kappa shape index (κ1) is 10.3. The lowest BCUT2D eigenvalue weighted by Crippen LogP contribution is -2.07. The smallest absolute Gasteiger partial charge is 0.0537 e. The summed E-state index contributed by atoms with van der Waals surface area (Å²) >= 11 is 0. The van der Waals surface area contributed by atoms with Crippen LogP contribution in [0.4, 0.5) is 0 Å². The second-order valence-electron chi connectivity index (χ2n) is 3.29. The van der Waals surface area contributed by atoms with Gasteiger partial charge in [-0.25, -0.2) is 0 Å². The summed E-state index contributed by atoms with van der Waals surface area (Å²) < 4.78 is 2.09. The lowest BCUT2D eigenvalue weighted by atomic mass is 10.1. The highest BCUT2D eigenvalue weighted by Crippen LogP contribution is 2.10. The van der Waals surface area contributed by atoms with E-state index < -0.39 is 0 Å². The molecule has 0 spiro atoms. The van der Waals surface area contributed by atoms with Gasteiger partial charge < -0.3 is 5.73 Å². The van der Waals surface area contributed by atoms with Gasteiger partial charge in [0.1, 0.15) is 0 Å². The van der Waals surface area contributed by atoms with Crippen LogP contribution in [0, 0.1) is 0 Å². The van der Waals surface area contributed by atoms with Gasteiger partial charge in [0.15, 0.2) is 0 Å². The molecule has 0 unspecified atom stereocenters. The van der Waals surface area contributed by atoms with Gasteiger partial charge in [0, 0.05) is 24.3 Å². The molecular formula is C10H19N3. The third-order valence-corrected chi connectivity index (χ3v) is 2.18. The Morgan fingerprint density at radius 1 is 1.38 bits per heavy atom. The van der Waals surface area contributed by atoms with Crippen LogP contribution in [0.1, 0.15) is 37.9 Å². The molecule has 0 amide bonds. The second-order valence-corrected chi connectivity index (χ2v) is 3.29. The number of rotatable bonds is 5. The first-order valence-corrected chi connectivity index (χ1v) is 5.07. The first-order valence-electron chi connectivity index (χ1n) is 5.07. The predicted molar refractivity (Wildman–Crippen MR) is 54.4 cm³/mol. The minimum Gasteiger partial charge on any atom is -0.326 e. The van der Waals surface area contributed by atoms with E-state index in [2.05, 4.69) is 23.6 Å². The van der Waals surface area contributed by atoms with E-state index in [0.29, 0.717) is 6.54 Å². The SMILES string of the molecule is CCCc1c(CN)cnn1CCC. The molecule has 13 heavy (non-hydrogen) atoms. The molecule has 0 aromatic carbocycles. The van der Waals surface area contributed by atoms with Crippen LogP contribution in [0.15, 0.2) is 6.20 Å². The molecule has 74 valence electrons. The summed E-state index contributed by atoms with van der Waals surface area (Å²) in [4.78, 5) is 0. The Kier molecular flexibility index (Phi) is 3.96. The number of aryl methyl sites for hydroxylation is 1. The van der Waals surface area contributed by atoms with E-state index in [0.717, 1.165) is 25.8 Å². The molecule has 3 heteroatoms. The Bertz CT molecular complexity index is 253. The zero-order valence-corrected chi connectivity index (χ0v) is 8.58. The van der Waals surface area contributed by atoms with Crippen molar-refractivity contribution in [3.05, 3.63) is 17.5 Å². The average molecular weight is 181 g/mol. The summed E-state index contributed by atoms with van der Waals surface area (Å²) in [6.07, 6.45) is 5.28. The summed E-state index contributed by atoms with van der Waals surface area (Å²) in [6, 6.07) is 0. The van der Waals surface area contributed by atoms with Gasteiger partial charge in [-0.1, -0.05) is 20.3 Å². The molecule has 2 N–H and O–H groups in total. The van der Waals surface area contributed by atoms with E-state index >= 15 is 0 Å². The Morgan fingerprint density at radius 3 is 2.69 bits per heavy atom. The van der Waals surface area contributed by atoms with Crippen LogP contribution >= 0.6 is 0 Å². The van der Waals surface area contributed by atoms with Crippen molar-refractivity contribution in [3.63, 3.8) is 0 Å². The molecule has 0 aliphatic rings. The normalized spacial score (nSPS) is 10.7. The van der Waals surface area contributed by atoms with Crippen molar-refractivity contribution in [1.82, 2.24) is 9.78 Å². The van der Waals surface area contributed by atoms with E-state index in [1.54, 1.807) is 0 Å². The van der Waals surface area contributed by atoms with Crippen molar-refractivity contribution < 1.29 is 0 Å². The topological polar surface area (TPSA) is 43.8 Å². The van der Waals surface area contributed by atoms with Gasteiger partial charge in [-0.2, -0.15) is 5.10 Å². The van der Waals surface area contributed by atoms with Crippen molar-refractivity contribution in [2.75, 3.05) is 0 Å². The Labute approximate surface area is 79.9 Å². The summed E-state index contributed by atoms with van der Waals surface area (Å²) in [5.41, 5.74) is 8.17. The number of hydrogen-bond acceptors (Lipinski definition) is 2. The third-order valence-electron chi connectivity index (χ3n) is 2.18. The monoisotopic (exact) mass is 181 g/mol. The average Bonchev–Trinajstić information content (AvgIpc) is 2.50. The van der Waals surface area contributed by atoms with Crippen LogP contribution in [-0.2, 0) is 19.5 Å². The zero-order valence-electron chi connectivity index (χ0n) is 8.58. The van der Waals surface area contributed by atoms with Crippen LogP contribution in [-0.4, -0.2) is 9.78 Å². The van der Waals surface area contributed by atoms with E-state index in [-0.39, 0.29) is 0 Å². The first-order chi connectivity index (χ1) is 6.33. The Balaban J connectivity index is 2.85. The molecule has 3 nitrogen and oxygen atoms in total. The molecule has 0 bridgehead atoms. The van der Waals surface area contributed by atoms with Gasteiger partial charge in [0.05, 0.1) is 6.20 Å². The van der Waals surface area contributed by atoms with Crippen molar-refractivity contribution in [2.24, 2.45) is 5.73 Å². The minimum atomic E-state index is 0.610. The van der Waals surface area contributed by atoms with Gasteiger partial charge in [-0.05, 0) is 12.8 Å². The maximum Gasteiger partial charge on any atom is 0.0537 e. The zero-order chi connectivity index (χ0) is 9.68. The fraction of sp³-hybridized carbons (Fsp3) is 0.700. The molecule has 1 heterocycles. The molecule has 0 fully saturated rings. The van der Waals surface area contributed by atoms with Gasteiger partial charge in [-0.3, -0.25) is 4.68 Å². The number of nitrogens with two attached hydrogens (primary N) is 1. The van der Waals surface area contributed by atoms with Gasteiger partial charge >= 0.3 is 0 Å². The van der Waals surface area contributed by atoms with E-state index in [4.69, 9.17) is 5.73 Å². The Morgan fingerprint density at radius 2 is 2.15 bits per heavy atom. The standard InChI is InChI=1S/C10H19N3/c1-3-5-10-9(7-11)8-12-13(10)6-4-2/h8H,3-7,11H2,1-2H3. The van der Waals surface area contributed by atoms with E-state index in [1.165, 1.54) is 11.3 Å². The summed E-state index contributed by atoms with van der Waals surface area (Å²) in [7, 11) is 0. The maximum absolute atomic E-state index is 5.64. The molecule has 1 aromatic rings. The van der Waals surface area contributed by atoms with E-state index in [9.17, 15) is 0 Å². The van der Waals surface area contributed by atoms with Gasteiger partial charge in [0.2, 0.25) is 0 Å². The van der Waals surface area contributed by atoms with Crippen LogP contribution in [0.2, 0.25) is 0 Å². The summed E-state index contributed by atoms with van der Waals surface area (Å²) in [6.45, 7) is 5.97. The van der Waals surface area contributed by atoms with Crippen LogP contribution in [0.5, 0.6) is 0 Å².